The fourth-order valence-electron chi connectivity index (χ4n) is 2.96. The first kappa shape index (κ1) is 15.7. The lowest BCUT2D eigenvalue weighted by Crippen LogP contribution is -2.38. The quantitative estimate of drug-likeness (QED) is 0.903. The molecule has 2 nitrogen and oxygen atoms in total. The summed E-state index contributed by atoms with van der Waals surface area (Å²) in [6.07, 6.45) is 4.68. The van der Waals surface area contributed by atoms with Gasteiger partial charge in [0, 0.05) is 29.5 Å². The van der Waals surface area contributed by atoms with Crippen molar-refractivity contribution in [1.82, 2.24) is 4.90 Å². The zero-order chi connectivity index (χ0) is 14.7. The Balaban J connectivity index is 2.01. The van der Waals surface area contributed by atoms with Crippen LogP contribution in [0.2, 0.25) is 0 Å². The van der Waals surface area contributed by atoms with Gasteiger partial charge in [0.25, 0.3) is 0 Å². The minimum atomic E-state index is -0.927. The van der Waals surface area contributed by atoms with Gasteiger partial charge in [0.15, 0.2) is 0 Å². The Kier molecular flexibility index (Phi) is 5.41. The molecule has 1 aromatic carbocycles. The second-order valence-corrected chi connectivity index (χ2v) is 6.47. The SMILES string of the molecule is CSC1CCCC1N(C)CC(O)c1ccc(F)cc1F. The standard InChI is InChI=1S/C15H21F2NOS/c1-18(13-4-3-5-15(13)20-2)9-14(19)11-7-6-10(16)8-12(11)17/h6-8,13-15,19H,3-5,9H2,1-2H3. The van der Waals surface area contributed by atoms with E-state index in [9.17, 15) is 13.9 Å². The van der Waals surface area contributed by atoms with Crippen molar-refractivity contribution in [2.45, 2.75) is 36.7 Å². The zero-order valence-electron chi connectivity index (χ0n) is 11.9. The normalized spacial score (nSPS) is 24.3. The van der Waals surface area contributed by atoms with E-state index in [4.69, 9.17) is 0 Å². The van der Waals surface area contributed by atoms with Gasteiger partial charge in [-0.3, -0.25) is 4.90 Å². The van der Waals surface area contributed by atoms with Gasteiger partial charge >= 0.3 is 0 Å². The van der Waals surface area contributed by atoms with Crippen LogP contribution in [0.4, 0.5) is 8.78 Å². The molecule has 1 aromatic rings. The summed E-state index contributed by atoms with van der Waals surface area (Å²) in [4.78, 5) is 2.10. The lowest BCUT2D eigenvalue weighted by atomic mass is 10.1. The number of aliphatic hydroxyl groups is 1. The summed E-state index contributed by atoms with van der Waals surface area (Å²) in [6, 6.07) is 3.74. The van der Waals surface area contributed by atoms with Crippen LogP contribution >= 0.6 is 11.8 Å². The van der Waals surface area contributed by atoms with Gasteiger partial charge in [-0.25, -0.2) is 8.78 Å². The van der Waals surface area contributed by atoms with Crippen LogP contribution in [0.15, 0.2) is 18.2 Å². The number of aliphatic hydroxyl groups excluding tert-OH is 1. The molecule has 0 aliphatic heterocycles. The number of likely N-dealkylation sites (N-methyl/N-ethyl adjacent to an activating group) is 1. The molecule has 0 amide bonds. The number of hydrogen-bond donors (Lipinski definition) is 1. The second-order valence-electron chi connectivity index (χ2n) is 5.39. The molecule has 0 aromatic heterocycles. The second kappa shape index (κ2) is 6.87. The van der Waals surface area contributed by atoms with Crippen molar-refractivity contribution in [3.63, 3.8) is 0 Å². The van der Waals surface area contributed by atoms with E-state index >= 15 is 0 Å². The maximum Gasteiger partial charge on any atom is 0.131 e. The summed E-state index contributed by atoms with van der Waals surface area (Å²) in [5.41, 5.74) is 0.164. The molecule has 1 fully saturated rings. The summed E-state index contributed by atoms with van der Waals surface area (Å²) < 4.78 is 26.5. The van der Waals surface area contributed by atoms with Crippen molar-refractivity contribution < 1.29 is 13.9 Å². The Bertz CT molecular complexity index is 457. The Morgan fingerprint density at radius 2 is 2.15 bits per heavy atom. The van der Waals surface area contributed by atoms with E-state index < -0.39 is 17.7 Å². The smallest absolute Gasteiger partial charge is 0.131 e. The third kappa shape index (κ3) is 3.51. The fraction of sp³-hybridized carbons (Fsp3) is 0.600. The van der Waals surface area contributed by atoms with Gasteiger partial charge in [-0.2, -0.15) is 11.8 Å². The van der Waals surface area contributed by atoms with Gasteiger partial charge < -0.3 is 5.11 Å². The molecule has 0 radical (unpaired) electrons. The van der Waals surface area contributed by atoms with Crippen molar-refractivity contribution in [2.75, 3.05) is 19.8 Å². The Morgan fingerprint density at radius 3 is 2.80 bits per heavy atom. The van der Waals surface area contributed by atoms with Crippen molar-refractivity contribution in [3.05, 3.63) is 35.4 Å². The van der Waals surface area contributed by atoms with Crippen LogP contribution in [0.25, 0.3) is 0 Å². The number of benzene rings is 1. The summed E-state index contributed by atoms with van der Waals surface area (Å²) in [5.74, 6) is -1.30. The predicted molar refractivity (Wildman–Crippen MR) is 78.9 cm³/mol. The predicted octanol–water partition coefficient (Wildman–Crippen LogP) is 3.21. The largest absolute Gasteiger partial charge is 0.387 e. The lowest BCUT2D eigenvalue weighted by molar-refractivity contribution is 0.104. The highest BCUT2D eigenvalue weighted by atomic mass is 32.2. The number of halogens is 2. The monoisotopic (exact) mass is 301 g/mol. The first-order valence-electron chi connectivity index (χ1n) is 6.89. The third-order valence-corrected chi connectivity index (χ3v) is 5.22. The van der Waals surface area contributed by atoms with E-state index in [1.165, 1.54) is 25.0 Å². The molecule has 0 spiro atoms. The van der Waals surface area contributed by atoms with E-state index in [1.807, 2.05) is 18.8 Å². The molecule has 5 heteroatoms. The molecule has 0 saturated heterocycles. The number of nitrogens with zero attached hydrogens (tertiary/aromatic N) is 1. The van der Waals surface area contributed by atoms with E-state index in [0.717, 1.165) is 12.5 Å². The third-order valence-electron chi connectivity index (χ3n) is 4.07. The number of rotatable bonds is 5. The summed E-state index contributed by atoms with van der Waals surface area (Å²) in [7, 11) is 1.96. The van der Waals surface area contributed by atoms with Gasteiger partial charge in [0.2, 0.25) is 0 Å². The highest BCUT2D eigenvalue weighted by Crippen LogP contribution is 2.32. The average Bonchev–Trinajstić information content (AvgIpc) is 2.86. The van der Waals surface area contributed by atoms with Gasteiger partial charge in [-0.1, -0.05) is 12.5 Å². The molecular weight excluding hydrogens is 280 g/mol. The van der Waals surface area contributed by atoms with Gasteiger partial charge in [-0.15, -0.1) is 0 Å². The fourth-order valence-corrected chi connectivity index (χ4v) is 4.02. The van der Waals surface area contributed by atoms with E-state index in [0.29, 0.717) is 17.8 Å². The number of thioether (sulfide) groups is 1. The Hall–Kier alpha value is -0.650. The van der Waals surface area contributed by atoms with Gasteiger partial charge in [0.05, 0.1) is 6.10 Å². The van der Waals surface area contributed by atoms with E-state index in [2.05, 4.69) is 11.2 Å². The molecule has 112 valence electrons. The molecule has 3 unspecified atom stereocenters. The molecule has 3 atom stereocenters. The topological polar surface area (TPSA) is 23.5 Å². The van der Waals surface area contributed by atoms with Crippen molar-refractivity contribution >= 4 is 11.8 Å². The van der Waals surface area contributed by atoms with Crippen molar-refractivity contribution in [3.8, 4) is 0 Å². The maximum absolute atomic E-state index is 13.6. The van der Waals surface area contributed by atoms with Gasteiger partial charge in [0.1, 0.15) is 11.6 Å². The average molecular weight is 301 g/mol. The molecule has 0 bridgehead atoms. The van der Waals surface area contributed by atoms with Crippen LogP contribution in [0, 0.1) is 11.6 Å². The van der Waals surface area contributed by atoms with Gasteiger partial charge in [-0.05, 0) is 32.2 Å². The molecular formula is C15H21F2NOS. The molecule has 1 N–H and O–H groups in total. The van der Waals surface area contributed by atoms with Crippen molar-refractivity contribution in [2.24, 2.45) is 0 Å². The minimum Gasteiger partial charge on any atom is -0.387 e. The van der Waals surface area contributed by atoms with Crippen LogP contribution in [-0.2, 0) is 0 Å². The first-order valence-corrected chi connectivity index (χ1v) is 8.17. The van der Waals surface area contributed by atoms with Crippen LogP contribution < -0.4 is 0 Å². The molecule has 1 saturated carbocycles. The van der Waals surface area contributed by atoms with Crippen LogP contribution in [-0.4, -0.2) is 41.1 Å². The van der Waals surface area contributed by atoms with Crippen LogP contribution in [0.3, 0.4) is 0 Å². The maximum atomic E-state index is 13.6. The summed E-state index contributed by atoms with van der Waals surface area (Å²) >= 11 is 1.85. The molecule has 20 heavy (non-hydrogen) atoms. The lowest BCUT2D eigenvalue weighted by Gasteiger charge is -2.30. The Labute approximate surface area is 123 Å². The minimum absolute atomic E-state index is 0.164. The highest BCUT2D eigenvalue weighted by Gasteiger charge is 2.30. The van der Waals surface area contributed by atoms with Crippen molar-refractivity contribution in [1.29, 1.82) is 0 Å². The first-order chi connectivity index (χ1) is 9.52. The molecule has 1 aliphatic carbocycles. The zero-order valence-corrected chi connectivity index (χ0v) is 12.7. The molecule has 2 rings (SSSR count). The van der Waals surface area contributed by atoms with Crippen LogP contribution in [0.5, 0.6) is 0 Å². The summed E-state index contributed by atoms with van der Waals surface area (Å²) in [5, 5.41) is 10.7. The van der Waals surface area contributed by atoms with E-state index in [-0.39, 0.29) is 5.56 Å². The molecule has 1 aliphatic rings. The Morgan fingerprint density at radius 1 is 1.40 bits per heavy atom. The summed E-state index contributed by atoms with van der Waals surface area (Å²) in [6.45, 7) is 0.365. The van der Waals surface area contributed by atoms with Crippen LogP contribution in [0.1, 0.15) is 30.9 Å². The molecule has 0 heterocycles. The highest BCUT2D eigenvalue weighted by molar-refractivity contribution is 7.99. The van der Waals surface area contributed by atoms with E-state index in [1.54, 1.807) is 0 Å². The number of hydrogen-bond acceptors (Lipinski definition) is 3.